The number of hydrogen-bond donors (Lipinski definition) is 1. The third-order valence-electron chi connectivity index (χ3n) is 3.88. The van der Waals surface area contributed by atoms with E-state index in [9.17, 15) is 19.2 Å². The predicted octanol–water partition coefficient (Wildman–Crippen LogP) is 3.05. The lowest BCUT2D eigenvalue weighted by Crippen LogP contribution is -2.23. The molecule has 1 N–H and O–H groups in total. The van der Waals surface area contributed by atoms with Crippen LogP contribution in [0.3, 0.4) is 0 Å². The normalized spacial score (nSPS) is 20.1. The second-order valence-corrected chi connectivity index (χ2v) is 6.93. The van der Waals surface area contributed by atoms with Gasteiger partial charge in [-0.25, -0.2) is 0 Å². The summed E-state index contributed by atoms with van der Waals surface area (Å²) in [4.78, 5) is 24.8. The number of benzene rings is 1. The number of carbonyl (C=O) groups is 2. The maximum atomic E-state index is 12.2. The highest BCUT2D eigenvalue weighted by atomic mass is 32.2. The van der Waals surface area contributed by atoms with E-state index in [0.29, 0.717) is 12.8 Å². The zero-order valence-electron chi connectivity index (χ0n) is 12.8. The molecule has 0 radical (unpaired) electrons. The molecule has 4 nitrogen and oxygen atoms in total. The second kappa shape index (κ2) is 7.11. The van der Waals surface area contributed by atoms with Gasteiger partial charge in [-0.2, -0.15) is 0 Å². The van der Waals surface area contributed by atoms with Crippen molar-refractivity contribution < 1.29 is 19.2 Å². The first-order valence-electron chi connectivity index (χ1n) is 7.36. The summed E-state index contributed by atoms with van der Waals surface area (Å²) in [7, 11) is 0. The van der Waals surface area contributed by atoms with Crippen molar-refractivity contribution in [1.82, 2.24) is 0 Å². The zero-order chi connectivity index (χ0) is 16.3. The Kier molecular flexibility index (Phi) is 5.42. The molecule has 2 rings (SSSR count). The van der Waals surface area contributed by atoms with Gasteiger partial charge in [0.1, 0.15) is 12.0 Å². The molecular formula is C17H20O4S. The summed E-state index contributed by atoms with van der Waals surface area (Å²) < 4.78 is 11.4. The average molecular weight is 320 g/mol. The number of aliphatic hydroxyl groups excluding tert-OH is 1. The topological polar surface area (TPSA) is 77.4 Å². The Labute approximate surface area is 133 Å². The van der Waals surface area contributed by atoms with Gasteiger partial charge in [-0.1, -0.05) is 19.1 Å². The van der Waals surface area contributed by atoms with Crippen LogP contribution in [0.25, 0.3) is 0 Å². The lowest BCUT2D eigenvalue weighted by molar-refractivity contribution is -0.122. The fourth-order valence-electron chi connectivity index (χ4n) is 2.73. The van der Waals surface area contributed by atoms with Crippen molar-refractivity contribution in [2.45, 2.75) is 43.4 Å². The van der Waals surface area contributed by atoms with Crippen molar-refractivity contribution in [3.63, 3.8) is 0 Å². The summed E-state index contributed by atoms with van der Waals surface area (Å²) in [6, 6.07) is 7.21. The number of aliphatic hydroxyl groups is 1. The quantitative estimate of drug-likeness (QED) is 0.668. The first kappa shape index (κ1) is 16.8. The Hall–Kier alpha value is -1.59. The number of rotatable bonds is 5. The largest absolute Gasteiger partial charge is 0.612 e. The van der Waals surface area contributed by atoms with Gasteiger partial charge in [0, 0.05) is 19.3 Å². The average Bonchev–Trinajstić information content (AvgIpc) is 2.46. The zero-order valence-corrected chi connectivity index (χ0v) is 13.6. The Morgan fingerprint density at radius 3 is 2.45 bits per heavy atom. The molecule has 1 aromatic rings. The molecule has 1 aliphatic rings. The number of Topliss-reactive ketones (excluding diaryl/α,β-unsaturated/α-hetero) is 2. The fourth-order valence-corrected chi connectivity index (χ4v) is 3.25. The maximum Gasteiger partial charge on any atom is 0.170 e. The van der Waals surface area contributed by atoms with Crippen LogP contribution in [-0.4, -0.2) is 27.5 Å². The Morgan fingerprint density at radius 2 is 1.95 bits per heavy atom. The summed E-state index contributed by atoms with van der Waals surface area (Å²) in [5.74, 6) is -0.775. The third-order valence-corrected chi connectivity index (χ3v) is 4.81. The molecular weight excluding hydrogens is 300 g/mol. The molecule has 0 amide bonds. The van der Waals surface area contributed by atoms with Gasteiger partial charge >= 0.3 is 0 Å². The van der Waals surface area contributed by atoms with Crippen LogP contribution in [0.2, 0.25) is 0 Å². The molecule has 1 aliphatic carbocycles. The van der Waals surface area contributed by atoms with Gasteiger partial charge in [-0.05, 0) is 41.2 Å². The van der Waals surface area contributed by atoms with Crippen LogP contribution in [0, 0.1) is 0 Å². The Bertz CT molecular complexity index is 602. The first-order chi connectivity index (χ1) is 10.4. The van der Waals surface area contributed by atoms with E-state index in [1.165, 1.54) is 0 Å². The van der Waals surface area contributed by atoms with E-state index in [1.807, 2.05) is 19.1 Å². The highest BCUT2D eigenvalue weighted by Gasteiger charge is 2.32. The molecule has 0 fully saturated rings. The lowest BCUT2D eigenvalue weighted by Gasteiger charge is -2.23. The minimum absolute atomic E-state index is 0.00983. The fraction of sp³-hybridized carbons (Fsp3) is 0.412. The van der Waals surface area contributed by atoms with Crippen molar-refractivity contribution >= 4 is 22.7 Å². The monoisotopic (exact) mass is 320 g/mol. The predicted molar refractivity (Wildman–Crippen MR) is 85.3 cm³/mol. The molecule has 1 aromatic carbocycles. The molecule has 22 heavy (non-hydrogen) atoms. The molecule has 0 saturated carbocycles. The lowest BCUT2D eigenvalue weighted by atomic mass is 9.81. The molecule has 0 bridgehead atoms. The summed E-state index contributed by atoms with van der Waals surface area (Å²) in [5, 5.41) is 10.1. The van der Waals surface area contributed by atoms with Crippen molar-refractivity contribution in [2.75, 3.05) is 6.26 Å². The van der Waals surface area contributed by atoms with Crippen molar-refractivity contribution in [3.8, 4) is 0 Å². The van der Waals surface area contributed by atoms with Gasteiger partial charge in [0.15, 0.2) is 16.5 Å². The molecule has 0 aromatic heterocycles. The molecule has 0 heterocycles. The van der Waals surface area contributed by atoms with Crippen LogP contribution in [0.1, 0.15) is 44.1 Å². The number of hydrogen-bond acceptors (Lipinski definition) is 4. The van der Waals surface area contributed by atoms with E-state index in [0.717, 1.165) is 10.5 Å². The standard InChI is InChI=1S/C17H20O4S/c1-3-4-14(18)17-15(19)9-12(10-16(17)20)11-5-7-13(8-6-11)22(2)21/h5-8,12,19H,3-4,9-10H2,1-2H3. The van der Waals surface area contributed by atoms with Gasteiger partial charge in [-0.15, -0.1) is 0 Å². The SMILES string of the molecule is CCCC(=O)C1=C(O)CC(c2ccc([S+](C)[O-])cc2)CC1=O. The van der Waals surface area contributed by atoms with Crippen molar-refractivity contribution in [3.05, 3.63) is 41.2 Å². The van der Waals surface area contributed by atoms with Crippen molar-refractivity contribution in [2.24, 2.45) is 0 Å². The molecule has 0 spiro atoms. The molecule has 2 atom stereocenters. The Morgan fingerprint density at radius 1 is 1.32 bits per heavy atom. The highest BCUT2D eigenvalue weighted by molar-refractivity contribution is 7.90. The maximum absolute atomic E-state index is 12.2. The third kappa shape index (κ3) is 3.59. The first-order valence-corrected chi connectivity index (χ1v) is 8.91. The molecule has 0 saturated heterocycles. The second-order valence-electron chi connectivity index (χ2n) is 5.55. The minimum Gasteiger partial charge on any atom is -0.612 e. The van der Waals surface area contributed by atoms with E-state index in [2.05, 4.69) is 0 Å². The van der Waals surface area contributed by atoms with Crippen molar-refractivity contribution in [1.29, 1.82) is 0 Å². The van der Waals surface area contributed by atoms with Crippen LogP contribution >= 0.6 is 0 Å². The molecule has 118 valence electrons. The molecule has 0 aliphatic heterocycles. The molecule has 5 heteroatoms. The van der Waals surface area contributed by atoms with E-state index in [-0.39, 0.29) is 41.7 Å². The van der Waals surface area contributed by atoms with Gasteiger partial charge in [0.05, 0.1) is 5.57 Å². The van der Waals surface area contributed by atoms with Crippen LogP contribution in [0.5, 0.6) is 0 Å². The Balaban J connectivity index is 2.20. The minimum atomic E-state index is -1.04. The summed E-state index contributed by atoms with van der Waals surface area (Å²) in [6.07, 6.45) is 3.07. The van der Waals surface area contributed by atoms with Gasteiger partial charge in [0.25, 0.3) is 0 Å². The van der Waals surface area contributed by atoms with E-state index in [1.54, 1.807) is 18.4 Å². The summed E-state index contributed by atoms with van der Waals surface area (Å²) in [5.41, 5.74) is 0.903. The van der Waals surface area contributed by atoms with Gasteiger partial charge < -0.3 is 9.66 Å². The number of allylic oxidation sites excluding steroid dienone is 2. The van der Waals surface area contributed by atoms with Crippen LogP contribution in [0.15, 0.2) is 40.5 Å². The van der Waals surface area contributed by atoms with Crippen LogP contribution in [-0.2, 0) is 20.8 Å². The van der Waals surface area contributed by atoms with E-state index in [4.69, 9.17) is 0 Å². The van der Waals surface area contributed by atoms with Crippen LogP contribution in [0.4, 0.5) is 0 Å². The van der Waals surface area contributed by atoms with E-state index < -0.39 is 11.2 Å². The highest BCUT2D eigenvalue weighted by Crippen LogP contribution is 2.34. The van der Waals surface area contributed by atoms with E-state index >= 15 is 0 Å². The summed E-state index contributed by atoms with van der Waals surface area (Å²) >= 11 is -1.04. The molecule has 2 unspecified atom stereocenters. The number of ketones is 2. The summed E-state index contributed by atoms with van der Waals surface area (Å²) in [6.45, 7) is 1.87. The smallest absolute Gasteiger partial charge is 0.170 e. The number of carbonyl (C=O) groups excluding carboxylic acids is 2. The van der Waals surface area contributed by atoms with Gasteiger partial charge in [0.2, 0.25) is 0 Å². The van der Waals surface area contributed by atoms with Gasteiger partial charge in [-0.3, -0.25) is 9.59 Å². The van der Waals surface area contributed by atoms with Crippen LogP contribution < -0.4 is 0 Å².